The van der Waals surface area contributed by atoms with Gasteiger partial charge in [0.2, 0.25) is 10.0 Å². The molecule has 5 N–H and O–H groups in total. The molecule has 0 spiro atoms. The summed E-state index contributed by atoms with van der Waals surface area (Å²) < 4.78 is 27.7. The number of nitrogens with one attached hydrogen (secondary N) is 1. The Morgan fingerprint density at radius 3 is 2.58 bits per heavy atom. The van der Waals surface area contributed by atoms with Gasteiger partial charge in [-0.1, -0.05) is 36.4 Å². The van der Waals surface area contributed by atoms with Gasteiger partial charge in [0.15, 0.2) is 5.96 Å². The number of nitrogens with two attached hydrogens (primary N) is 2. The molecule has 8 heteroatoms. The van der Waals surface area contributed by atoms with Gasteiger partial charge in [-0.05, 0) is 24.3 Å². The Kier molecular flexibility index (Phi) is 5.88. The molecule has 0 saturated heterocycles. The summed E-state index contributed by atoms with van der Waals surface area (Å²) in [5.41, 5.74) is 10.4. The Morgan fingerprint density at radius 2 is 1.88 bits per heavy atom. The first-order valence-electron chi connectivity index (χ1n) is 7.45. The van der Waals surface area contributed by atoms with Crippen LogP contribution < -0.4 is 16.2 Å². The monoisotopic (exact) mass is 348 g/mol. The fourth-order valence-corrected chi connectivity index (χ4v) is 3.80. The minimum Gasteiger partial charge on any atom is -0.370 e. The largest absolute Gasteiger partial charge is 0.370 e. The van der Waals surface area contributed by atoms with E-state index in [1.165, 1.54) is 6.07 Å². The van der Waals surface area contributed by atoms with Crippen molar-refractivity contribution in [3.63, 3.8) is 0 Å². The van der Waals surface area contributed by atoms with Crippen molar-refractivity contribution < 1.29 is 13.2 Å². The van der Waals surface area contributed by atoms with Crippen LogP contribution in [0.3, 0.4) is 0 Å². The minimum absolute atomic E-state index is 0.0333. The van der Waals surface area contributed by atoms with E-state index in [2.05, 4.69) is 9.71 Å². The molecule has 0 unspecified atom stereocenters. The number of hydrogen-bond donors (Lipinski definition) is 3. The summed E-state index contributed by atoms with van der Waals surface area (Å²) in [5.74, 6) is -0.0333. The van der Waals surface area contributed by atoms with E-state index in [1.807, 2.05) is 18.2 Å². The Bertz CT molecular complexity index is 840. The molecule has 0 fully saturated rings. The molecule has 2 rings (SSSR count). The lowest BCUT2D eigenvalue weighted by molar-refractivity contribution is -0.109. The molecule has 0 saturated carbocycles. The zero-order chi connectivity index (χ0) is 17.6. The van der Waals surface area contributed by atoms with Gasteiger partial charge < -0.3 is 16.3 Å². The highest BCUT2D eigenvalue weighted by Crippen LogP contribution is 2.22. The average molecular weight is 348 g/mol. The van der Waals surface area contributed by atoms with E-state index in [1.54, 1.807) is 18.2 Å². The van der Waals surface area contributed by atoms with E-state index in [0.717, 1.165) is 5.39 Å². The third-order valence-electron chi connectivity index (χ3n) is 3.48. The van der Waals surface area contributed by atoms with Gasteiger partial charge in [-0.2, -0.15) is 0 Å². The maximum Gasteiger partial charge on any atom is 0.241 e. The van der Waals surface area contributed by atoms with Gasteiger partial charge >= 0.3 is 0 Å². The highest BCUT2D eigenvalue weighted by atomic mass is 32.2. The molecule has 0 radical (unpaired) electrons. The second-order valence-electron chi connectivity index (χ2n) is 5.29. The van der Waals surface area contributed by atoms with Crippen molar-refractivity contribution in [3.05, 3.63) is 42.5 Å². The quantitative estimate of drug-likeness (QED) is 0.280. The summed E-state index contributed by atoms with van der Waals surface area (Å²) in [6.07, 6.45) is 1.38. The van der Waals surface area contributed by atoms with Crippen LogP contribution in [0.15, 0.2) is 52.4 Å². The highest BCUT2D eigenvalue weighted by Gasteiger charge is 2.21. The van der Waals surface area contributed by atoms with Crippen LogP contribution in [0.4, 0.5) is 0 Å². The molecule has 0 amide bonds. The molecule has 0 aliphatic carbocycles. The van der Waals surface area contributed by atoms with E-state index in [0.29, 0.717) is 31.1 Å². The predicted octanol–water partition coefficient (Wildman–Crippen LogP) is 0.739. The van der Waals surface area contributed by atoms with E-state index >= 15 is 0 Å². The first-order chi connectivity index (χ1) is 11.4. The fourth-order valence-electron chi connectivity index (χ4n) is 2.37. The normalized spacial score (nSPS) is 12.7. The SMILES string of the molecule is NC(N)=NCCC[C@@H](C=O)NS(=O)(=O)c1cccc2ccccc12. The summed E-state index contributed by atoms with van der Waals surface area (Å²) in [5, 5.41) is 1.42. The Labute approximate surface area is 140 Å². The molecular formula is C16H20N4O3S. The number of sulfonamides is 1. The second-order valence-corrected chi connectivity index (χ2v) is 6.97. The smallest absolute Gasteiger partial charge is 0.241 e. The van der Waals surface area contributed by atoms with Crippen LogP contribution in [0.25, 0.3) is 10.8 Å². The van der Waals surface area contributed by atoms with Gasteiger partial charge in [0.1, 0.15) is 6.29 Å². The number of nitrogens with zero attached hydrogens (tertiary/aromatic N) is 1. The van der Waals surface area contributed by atoms with Crippen LogP contribution in [0.2, 0.25) is 0 Å². The van der Waals surface area contributed by atoms with Gasteiger partial charge in [-0.15, -0.1) is 0 Å². The summed E-state index contributed by atoms with van der Waals surface area (Å²) in [7, 11) is -3.82. The zero-order valence-corrected chi connectivity index (χ0v) is 13.9. The van der Waals surface area contributed by atoms with Crippen molar-refractivity contribution in [1.82, 2.24) is 4.72 Å². The van der Waals surface area contributed by atoms with Crippen LogP contribution >= 0.6 is 0 Å². The second kappa shape index (κ2) is 7.89. The topological polar surface area (TPSA) is 128 Å². The lowest BCUT2D eigenvalue weighted by atomic mass is 10.1. The number of rotatable bonds is 8. The van der Waals surface area contributed by atoms with Crippen LogP contribution in [0.5, 0.6) is 0 Å². The number of guanidine groups is 1. The number of aliphatic imine (C=N–C) groups is 1. The van der Waals surface area contributed by atoms with Gasteiger partial charge in [-0.25, -0.2) is 13.1 Å². The van der Waals surface area contributed by atoms with E-state index in [4.69, 9.17) is 11.5 Å². The standard InChI is InChI=1S/C16H20N4O3S/c17-16(18)19-10-4-7-13(11-21)20-24(22,23)15-9-3-6-12-5-1-2-8-14(12)15/h1-3,5-6,8-9,11,13,20H,4,7,10H2,(H4,17,18,19)/t13-/m0/s1. The molecule has 1 atom stereocenters. The van der Waals surface area contributed by atoms with Gasteiger partial charge in [0, 0.05) is 11.9 Å². The third-order valence-corrected chi connectivity index (χ3v) is 5.03. The Balaban J connectivity index is 2.16. The number of benzene rings is 2. The van der Waals surface area contributed by atoms with Gasteiger partial charge in [0.05, 0.1) is 10.9 Å². The molecular weight excluding hydrogens is 328 g/mol. The molecule has 2 aromatic rings. The molecule has 0 aromatic heterocycles. The molecule has 0 heterocycles. The Hall–Kier alpha value is -2.45. The van der Waals surface area contributed by atoms with Crippen LogP contribution in [0, 0.1) is 0 Å². The average Bonchev–Trinajstić information content (AvgIpc) is 2.56. The lowest BCUT2D eigenvalue weighted by Gasteiger charge is -2.14. The summed E-state index contributed by atoms with van der Waals surface area (Å²) in [4.78, 5) is 15.1. The van der Waals surface area contributed by atoms with Crippen molar-refractivity contribution >= 4 is 33.0 Å². The first-order valence-corrected chi connectivity index (χ1v) is 8.93. The molecule has 7 nitrogen and oxygen atoms in total. The van der Waals surface area contributed by atoms with Crippen molar-refractivity contribution in [3.8, 4) is 0 Å². The van der Waals surface area contributed by atoms with Crippen LogP contribution in [-0.2, 0) is 14.8 Å². The van der Waals surface area contributed by atoms with E-state index < -0.39 is 16.1 Å². The first kappa shape index (κ1) is 17.9. The summed E-state index contributed by atoms with van der Waals surface area (Å²) in [6, 6.07) is 11.4. The minimum atomic E-state index is -3.82. The molecule has 128 valence electrons. The fraction of sp³-hybridized carbons (Fsp3) is 0.250. The highest BCUT2D eigenvalue weighted by molar-refractivity contribution is 7.89. The van der Waals surface area contributed by atoms with E-state index in [-0.39, 0.29) is 10.9 Å². The number of carbonyl (C=O) groups excluding carboxylic acids is 1. The van der Waals surface area contributed by atoms with E-state index in [9.17, 15) is 13.2 Å². The van der Waals surface area contributed by atoms with Crippen molar-refractivity contribution in [2.75, 3.05) is 6.54 Å². The Morgan fingerprint density at radius 1 is 1.17 bits per heavy atom. The van der Waals surface area contributed by atoms with Crippen LogP contribution in [-0.4, -0.2) is 33.3 Å². The number of fused-ring (bicyclic) bond motifs is 1. The number of carbonyl (C=O) groups is 1. The lowest BCUT2D eigenvalue weighted by Crippen LogP contribution is -2.36. The maximum absolute atomic E-state index is 12.6. The molecule has 24 heavy (non-hydrogen) atoms. The molecule has 0 aliphatic heterocycles. The maximum atomic E-state index is 12.6. The zero-order valence-electron chi connectivity index (χ0n) is 13.1. The van der Waals surface area contributed by atoms with Crippen molar-refractivity contribution in [2.24, 2.45) is 16.5 Å². The summed E-state index contributed by atoms with van der Waals surface area (Å²) >= 11 is 0. The predicted molar refractivity (Wildman–Crippen MR) is 94.0 cm³/mol. The van der Waals surface area contributed by atoms with Gasteiger partial charge in [-0.3, -0.25) is 4.99 Å². The van der Waals surface area contributed by atoms with Gasteiger partial charge in [0.25, 0.3) is 0 Å². The summed E-state index contributed by atoms with van der Waals surface area (Å²) in [6.45, 7) is 0.336. The van der Waals surface area contributed by atoms with Crippen LogP contribution in [0.1, 0.15) is 12.8 Å². The number of hydrogen-bond acceptors (Lipinski definition) is 4. The molecule has 2 aromatic carbocycles. The third kappa shape index (κ3) is 4.53. The molecule has 0 bridgehead atoms. The van der Waals surface area contributed by atoms with Crippen molar-refractivity contribution in [1.29, 1.82) is 0 Å². The van der Waals surface area contributed by atoms with Crippen molar-refractivity contribution in [2.45, 2.75) is 23.8 Å². The number of aldehydes is 1. The molecule has 0 aliphatic rings.